The summed E-state index contributed by atoms with van der Waals surface area (Å²) in [4.78, 5) is 19.0. The van der Waals surface area contributed by atoms with Gasteiger partial charge < -0.3 is 20.3 Å². The van der Waals surface area contributed by atoms with Crippen molar-refractivity contribution >= 4 is 11.9 Å². The van der Waals surface area contributed by atoms with Gasteiger partial charge in [-0.15, -0.1) is 0 Å². The highest BCUT2D eigenvalue weighted by Crippen LogP contribution is 1.96. The lowest BCUT2D eigenvalue weighted by atomic mass is 10.4. The highest BCUT2D eigenvalue weighted by Gasteiger charge is 2.12. The summed E-state index contributed by atoms with van der Waals surface area (Å²) >= 11 is 0. The summed E-state index contributed by atoms with van der Waals surface area (Å²) in [6.07, 6.45) is 0.401. The van der Waals surface area contributed by atoms with Crippen molar-refractivity contribution in [1.82, 2.24) is 9.80 Å². The summed E-state index contributed by atoms with van der Waals surface area (Å²) in [5.74, 6) is 0.577. The molecule has 0 aromatic heterocycles. The molecule has 0 radical (unpaired) electrons. The molecule has 1 saturated heterocycles. The van der Waals surface area contributed by atoms with Crippen molar-refractivity contribution in [2.75, 3.05) is 46.9 Å². The van der Waals surface area contributed by atoms with E-state index in [4.69, 9.17) is 10.5 Å². The summed E-state index contributed by atoms with van der Waals surface area (Å²) in [6, 6.07) is 0. The zero-order valence-electron chi connectivity index (χ0n) is 9.98. The number of rotatable bonds is 3. The summed E-state index contributed by atoms with van der Waals surface area (Å²) < 4.78 is 5.21. The maximum absolute atomic E-state index is 11.3. The predicted molar refractivity (Wildman–Crippen MR) is 62.2 cm³/mol. The van der Waals surface area contributed by atoms with Gasteiger partial charge in [-0.05, 0) is 0 Å². The van der Waals surface area contributed by atoms with Crippen molar-refractivity contribution in [2.24, 2.45) is 10.7 Å². The Morgan fingerprint density at radius 3 is 2.62 bits per heavy atom. The molecule has 1 heterocycles. The van der Waals surface area contributed by atoms with Gasteiger partial charge in [-0.2, -0.15) is 0 Å². The number of nitrogens with zero attached hydrogens (tertiary/aromatic N) is 3. The first-order valence-corrected chi connectivity index (χ1v) is 5.44. The topological polar surface area (TPSA) is 71.2 Å². The van der Waals surface area contributed by atoms with Gasteiger partial charge >= 0.3 is 0 Å². The number of amides is 1. The molecule has 0 aliphatic carbocycles. The van der Waals surface area contributed by atoms with E-state index in [1.807, 2.05) is 4.90 Å². The highest BCUT2D eigenvalue weighted by atomic mass is 16.5. The molecular formula is C10H20N4O2. The fraction of sp³-hybridized carbons (Fsp3) is 0.800. The summed E-state index contributed by atoms with van der Waals surface area (Å²) in [5, 5.41) is 0. The Morgan fingerprint density at radius 2 is 2.06 bits per heavy atom. The number of hydrogen-bond donors (Lipinski definition) is 1. The number of hydrogen-bond acceptors (Lipinski definition) is 3. The maximum Gasteiger partial charge on any atom is 0.223 e. The molecule has 0 aromatic rings. The second-order valence-electron chi connectivity index (χ2n) is 3.88. The van der Waals surface area contributed by atoms with E-state index in [9.17, 15) is 4.79 Å². The van der Waals surface area contributed by atoms with Crippen LogP contribution in [0.4, 0.5) is 0 Å². The average Bonchev–Trinajstić information content (AvgIpc) is 2.29. The third-order valence-electron chi connectivity index (χ3n) is 2.43. The lowest BCUT2D eigenvalue weighted by Gasteiger charge is -2.27. The zero-order chi connectivity index (χ0) is 12.0. The third kappa shape index (κ3) is 4.06. The van der Waals surface area contributed by atoms with Crippen LogP contribution in [0, 0.1) is 0 Å². The molecule has 1 fully saturated rings. The second-order valence-corrected chi connectivity index (χ2v) is 3.88. The van der Waals surface area contributed by atoms with Crippen LogP contribution in [0.3, 0.4) is 0 Å². The Hall–Kier alpha value is -1.30. The number of ether oxygens (including phenoxy) is 1. The third-order valence-corrected chi connectivity index (χ3v) is 2.43. The molecule has 0 atom stereocenters. The second kappa shape index (κ2) is 6.32. The molecule has 2 N–H and O–H groups in total. The van der Waals surface area contributed by atoms with Gasteiger partial charge in [0, 0.05) is 33.6 Å². The van der Waals surface area contributed by atoms with E-state index in [2.05, 4.69) is 4.99 Å². The van der Waals surface area contributed by atoms with Crippen molar-refractivity contribution in [3.05, 3.63) is 0 Å². The average molecular weight is 228 g/mol. The van der Waals surface area contributed by atoms with Crippen molar-refractivity contribution < 1.29 is 9.53 Å². The summed E-state index contributed by atoms with van der Waals surface area (Å²) in [5.41, 5.74) is 5.81. The summed E-state index contributed by atoms with van der Waals surface area (Å²) in [6.45, 7) is 3.37. The molecule has 92 valence electrons. The van der Waals surface area contributed by atoms with E-state index >= 15 is 0 Å². The van der Waals surface area contributed by atoms with Crippen molar-refractivity contribution in [1.29, 1.82) is 0 Å². The number of aliphatic imine (C=N–C) groups is 1. The molecule has 0 saturated carbocycles. The largest absolute Gasteiger partial charge is 0.378 e. The fourth-order valence-corrected chi connectivity index (χ4v) is 1.38. The number of carbonyl (C=O) groups is 1. The molecule has 0 aromatic carbocycles. The van der Waals surface area contributed by atoms with Gasteiger partial charge in [0.2, 0.25) is 5.91 Å². The van der Waals surface area contributed by atoms with E-state index in [0.29, 0.717) is 32.1 Å². The standard InChI is InChI=1S/C10H20N4O2/c1-13(2)9(15)3-4-12-10(11)14-5-7-16-8-6-14/h3-8H2,1-2H3,(H2,11,12). The fourth-order valence-electron chi connectivity index (χ4n) is 1.38. The lowest BCUT2D eigenvalue weighted by Crippen LogP contribution is -2.44. The van der Waals surface area contributed by atoms with Crippen LogP contribution in [0.15, 0.2) is 4.99 Å². The molecule has 1 aliphatic heterocycles. The van der Waals surface area contributed by atoms with Gasteiger partial charge in [0.25, 0.3) is 0 Å². The van der Waals surface area contributed by atoms with Crippen LogP contribution in [-0.2, 0) is 9.53 Å². The van der Waals surface area contributed by atoms with E-state index in [1.165, 1.54) is 0 Å². The van der Waals surface area contributed by atoms with Gasteiger partial charge in [0.1, 0.15) is 0 Å². The SMILES string of the molecule is CN(C)C(=O)CCN=C(N)N1CCOCC1. The van der Waals surface area contributed by atoms with E-state index in [0.717, 1.165) is 13.1 Å². The van der Waals surface area contributed by atoms with E-state index < -0.39 is 0 Å². The Kier molecular flexibility index (Phi) is 5.04. The Bertz CT molecular complexity index is 260. The molecule has 6 heteroatoms. The summed E-state index contributed by atoms with van der Waals surface area (Å²) in [7, 11) is 3.47. The number of morpholine rings is 1. The molecule has 0 bridgehead atoms. The molecule has 0 unspecified atom stereocenters. The van der Waals surface area contributed by atoms with E-state index in [-0.39, 0.29) is 5.91 Å². The minimum absolute atomic E-state index is 0.0681. The minimum Gasteiger partial charge on any atom is -0.378 e. The quantitative estimate of drug-likeness (QED) is 0.502. The lowest BCUT2D eigenvalue weighted by molar-refractivity contribution is -0.128. The number of carbonyl (C=O) groups excluding carboxylic acids is 1. The van der Waals surface area contributed by atoms with Gasteiger partial charge in [-0.1, -0.05) is 0 Å². The van der Waals surface area contributed by atoms with Crippen LogP contribution >= 0.6 is 0 Å². The van der Waals surface area contributed by atoms with E-state index in [1.54, 1.807) is 19.0 Å². The Morgan fingerprint density at radius 1 is 1.44 bits per heavy atom. The smallest absolute Gasteiger partial charge is 0.223 e. The molecule has 6 nitrogen and oxygen atoms in total. The highest BCUT2D eigenvalue weighted by molar-refractivity contribution is 5.79. The number of guanidine groups is 1. The van der Waals surface area contributed by atoms with Crippen LogP contribution in [0.2, 0.25) is 0 Å². The first kappa shape index (κ1) is 12.8. The van der Waals surface area contributed by atoms with Gasteiger partial charge in [0.05, 0.1) is 19.8 Å². The normalized spacial score (nSPS) is 17.4. The van der Waals surface area contributed by atoms with Gasteiger partial charge in [-0.3, -0.25) is 9.79 Å². The van der Waals surface area contributed by atoms with Crippen molar-refractivity contribution in [3.8, 4) is 0 Å². The van der Waals surface area contributed by atoms with Crippen LogP contribution < -0.4 is 5.73 Å². The van der Waals surface area contributed by atoms with Gasteiger partial charge in [-0.25, -0.2) is 0 Å². The zero-order valence-corrected chi connectivity index (χ0v) is 9.98. The number of nitrogens with two attached hydrogens (primary N) is 1. The molecule has 16 heavy (non-hydrogen) atoms. The molecule has 0 spiro atoms. The molecule has 1 aliphatic rings. The van der Waals surface area contributed by atoms with Crippen molar-refractivity contribution in [2.45, 2.75) is 6.42 Å². The Labute approximate surface area is 96.0 Å². The van der Waals surface area contributed by atoms with Gasteiger partial charge in [0.15, 0.2) is 5.96 Å². The predicted octanol–water partition coefficient (Wildman–Crippen LogP) is -0.888. The maximum atomic E-state index is 11.3. The first-order chi connectivity index (χ1) is 7.61. The van der Waals surface area contributed by atoms with Crippen molar-refractivity contribution in [3.63, 3.8) is 0 Å². The van der Waals surface area contributed by atoms with Crippen LogP contribution in [0.25, 0.3) is 0 Å². The monoisotopic (exact) mass is 228 g/mol. The Balaban J connectivity index is 2.30. The van der Waals surface area contributed by atoms with Crippen LogP contribution in [0.1, 0.15) is 6.42 Å². The van der Waals surface area contributed by atoms with Crippen LogP contribution in [-0.4, -0.2) is 68.6 Å². The molecular weight excluding hydrogens is 208 g/mol. The first-order valence-electron chi connectivity index (χ1n) is 5.44. The molecule has 1 rings (SSSR count). The molecule has 1 amide bonds. The minimum atomic E-state index is 0.0681. The van der Waals surface area contributed by atoms with Crippen LogP contribution in [0.5, 0.6) is 0 Å².